The Hall–Kier alpha value is -1.55. The predicted molar refractivity (Wildman–Crippen MR) is 48.6 cm³/mol. The molecule has 1 atom stereocenters. The molecular weight excluding hydrogens is 223 g/mol. The van der Waals surface area contributed by atoms with E-state index in [1.807, 2.05) is 0 Å². The van der Waals surface area contributed by atoms with Crippen LogP contribution in [0.3, 0.4) is 0 Å². The molecule has 3 rings (SSSR count). The van der Waals surface area contributed by atoms with Gasteiger partial charge in [0.25, 0.3) is 0 Å². The molecule has 80 valence electrons. The van der Waals surface area contributed by atoms with Gasteiger partial charge in [0.2, 0.25) is 17.2 Å². The van der Waals surface area contributed by atoms with Gasteiger partial charge in [-0.05, 0) is 6.42 Å². The van der Waals surface area contributed by atoms with Crippen LogP contribution in [-0.2, 0) is 11.0 Å². The molecule has 2 aliphatic heterocycles. The van der Waals surface area contributed by atoms with E-state index >= 15 is 0 Å². The number of benzene rings is 1. The minimum absolute atomic E-state index is 0.103. The van der Waals surface area contributed by atoms with Crippen molar-refractivity contribution in [3.63, 3.8) is 0 Å². The van der Waals surface area contributed by atoms with Crippen LogP contribution in [0.5, 0.6) is 28.7 Å². The first-order valence-electron chi connectivity index (χ1n) is 4.35. The lowest BCUT2D eigenvalue weighted by molar-refractivity contribution is 0.332. The summed E-state index contributed by atoms with van der Waals surface area (Å²) in [6.07, 6.45) is 0.422. The summed E-state index contributed by atoms with van der Waals surface area (Å²) in [6.45, 7) is 1.77. The fraction of sp³-hybridized carbons (Fsp3) is 0.250. The van der Waals surface area contributed by atoms with Crippen molar-refractivity contribution in [1.82, 2.24) is 0 Å². The third-order valence-electron chi connectivity index (χ3n) is 2.37. The largest absolute Gasteiger partial charge is 0.647 e. The van der Waals surface area contributed by atoms with E-state index in [0.29, 0.717) is 12.0 Å². The van der Waals surface area contributed by atoms with Gasteiger partial charge in [0.1, 0.15) is 0 Å². The lowest BCUT2D eigenvalue weighted by Crippen LogP contribution is -2.00. The Morgan fingerprint density at radius 1 is 1.07 bits per heavy atom. The summed E-state index contributed by atoms with van der Waals surface area (Å²) in [7, 11) is -3.61. The van der Waals surface area contributed by atoms with Gasteiger partial charge < -0.3 is 23.8 Å². The van der Waals surface area contributed by atoms with Crippen LogP contribution in [0.4, 0.5) is 0 Å². The van der Waals surface area contributed by atoms with Crippen molar-refractivity contribution >= 4 is 7.82 Å². The summed E-state index contributed by atoms with van der Waals surface area (Å²) in [5.74, 6) is -0.549. The number of hydrogen-bond donors (Lipinski definition) is 2. The molecule has 2 aliphatic rings. The average Bonchev–Trinajstić information content (AvgIpc) is 2.69. The van der Waals surface area contributed by atoms with Gasteiger partial charge >= 0.3 is 7.82 Å². The van der Waals surface area contributed by atoms with Crippen molar-refractivity contribution in [2.75, 3.05) is 0 Å². The van der Waals surface area contributed by atoms with Gasteiger partial charge in [-0.25, -0.2) is 0 Å². The van der Waals surface area contributed by atoms with Crippen molar-refractivity contribution in [2.24, 2.45) is 0 Å². The van der Waals surface area contributed by atoms with Gasteiger partial charge in [-0.15, -0.1) is 0 Å². The Bertz CT molecular complexity index is 523. The zero-order valence-electron chi connectivity index (χ0n) is 7.68. The molecule has 2 heterocycles. The van der Waals surface area contributed by atoms with Gasteiger partial charge in [-0.2, -0.15) is 4.57 Å². The fourth-order valence-electron chi connectivity index (χ4n) is 1.69. The number of aromatic hydroxyl groups is 2. The first-order chi connectivity index (χ1) is 7.06. The second-order valence-corrected chi connectivity index (χ2v) is 4.68. The maximum Gasteiger partial charge on any atom is 0.647 e. The van der Waals surface area contributed by atoms with E-state index < -0.39 is 13.6 Å². The molecule has 0 aliphatic carbocycles. The van der Waals surface area contributed by atoms with Gasteiger partial charge in [0.05, 0.1) is 0 Å². The quantitative estimate of drug-likeness (QED) is 0.566. The van der Waals surface area contributed by atoms with Crippen LogP contribution < -0.4 is 13.6 Å². The first kappa shape index (κ1) is 8.73. The van der Waals surface area contributed by atoms with Crippen LogP contribution in [0.1, 0.15) is 12.5 Å². The Balaban J connectivity index is 2.39. The van der Waals surface area contributed by atoms with Crippen LogP contribution in [-0.4, -0.2) is 10.2 Å². The van der Waals surface area contributed by atoms with Gasteiger partial charge in [0, 0.05) is 5.56 Å². The number of rotatable bonds is 1. The zero-order chi connectivity index (χ0) is 10.8. The summed E-state index contributed by atoms with van der Waals surface area (Å²) in [5.41, 5.74) is 0.368. The second-order valence-electron chi connectivity index (χ2n) is 3.24. The Morgan fingerprint density at radius 3 is 2.27 bits per heavy atom. The zero-order valence-corrected chi connectivity index (χ0v) is 8.58. The highest BCUT2D eigenvalue weighted by atomic mass is 31.2. The van der Waals surface area contributed by atoms with Crippen molar-refractivity contribution in [1.29, 1.82) is 0 Å². The van der Waals surface area contributed by atoms with Gasteiger partial charge in [-0.3, -0.25) is 0 Å². The number of hydrogen-bond acceptors (Lipinski definition) is 6. The molecule has 7 heteroatoms. The van der Waals surface area contributed by atoms with Crippen molar-refractivity contribution < 1.29 is 28.3 Å². The predicted octanol–water partition coefficient (Wildman–Crippen LogP) is 1.93. The highest BCUT2D eigenvalue weighted by Crippen LogP contribution is 2.73. The van der Waals surface area contributed by atoms with Crippen molar-refractivity contribution in [3.8, 4) is 28.7 Å². The fourth-order valence-corrected chi connectivity index (χ4v) is 3.00. The van der Waals surface area contributed by atoms with E-state index in [1.54, 1.807) is 6.92 Å². The summed E-state index contributed by atoms with van der Waals surface area (Å²) < 4.78 is 26.2. The average molecular weight is 230 g/mol. The molecule has 2 N–H and O–H groups in total. The maximum atomic E-state index is 11.6. The summed E-state index contributed by atoms with van der Waals surface area (Å²) in [6, 6.07) is 0. The summed E-state index contributed by atoms with van der Waals surface area (Å²) >= 11 is 0. The molecule has 0 aromatic heterocycles. The molecule has 1 aromatic carbocycles. The smallest absolute Gasteiger partial charge is 0.504 e. The molecule has 0 spiro atoms. The Labute approximate surface area is 84.6 Å². The second kappa shape index (κ2) is 2.33. The number of phosphoric ester groups is 1. The van der Waals surface area contributed by atoms with E-state index in [9.17, 15) is 14.8 Å². The molecule has 15 heavy (non-hydrogen) atoms. The highest BCUT2D eigenvalue weighted by molar-refractivity contribution is 7.50. The minimum Gasteiger partial charge on any atom is -0.504 e. The normalized spacial score (nSPS) is 24.6. The molecule has 1 unspecified atom stereocenters. The lowest BCUT2D eigenvalue weighted by Gasteiger charge is -2.15. The van der Waals surface area contributed by atoms with Gasteiger partial charge in [0.15, 0.2) is 11.5 Å². The SMILES string of the molecule is CCc1c(O)c(O)c2c3c1OP(=O)(O2)O3. The van der Waals surface area contributed by atoms with E-state index in [0.717, 1.165) is 0 Å². The third-order valence-corrected chi connectivity index (χ3v) is 3.59. The number of phenolic OH excluding ortho intramolecular Hbond substituents is 2. The lowest BCUT2D eigenvalue weighted by atomic mass is 10.1. The van der Waals surface area contributed by atoms with Crippen LogP contribution in [0.25, 0.3) is 0 Å². The topological polar surface area (TPSA) is 85.2 Å². The molecule has 0 saturated heterocycles. The molecular formula is C8H7O6P. The van der Waals surface area contributed by atoms with Crippen molar-refractivity contribution in [2.45, 2.75) is 13.3 Å². The highest BCUT2D eigenvalue weighted by Gasteiger charge is 2.53. The van der Waals surface area contributed by atoms with E-state index in [4.69, 9.17) is 13.6 Å². The number of fused-ring (bicyclic) bond motifs is 1. The van der Waals surface area contributed by atoms with E-state index in [2.05, 4.69) is 0 Å². The Morgan fingerprint density at radius 2 is 1.67 bits per heavy atom. The van der Waals surface area contributed by atoms with Crippen LogP contribution in [0.15, 0.2) is 0 Å². The van der Waals surface area contributed by atoms with Gasteiger partial charge in [-0.1, -0.05) is 6.92 Å². The van der Waals surface area contributed by atoms with E-state index in [-0.39, 0.29) is 23.0 Å². The molecule has 0 radical (unpaired) electrons. The van der Waals surface area contributed by atoms with Crippen LogP contribution >= 0.6 is 7.82 Å². The Kier molecular flexibility index (Phi) is 1.36. The molecule has 0 fully saturated rings. The molecule has 0 saturated carbocycles. The maximum absolute atomic E-state index is 11.6. The van der Waals surface area contributed by atoms with Crippen LogP contribution in [0.2, 0.25) is 0 Å². The standard InChI is InChI=1S/C8H7O6P/c1-2-3-4(9)5(10)7-8-6(3)12-15(11,13-7)14-8/h9-10H,2H2,1H3. The molecule has 0 amide bonds. The first-order valence-corrected chi connectivity index (χ1v) is 5.81. The summed E-state index contributed by atoms with van der Waals surface area (Å²) in [4.78, 5) is 0. The van der Waals surface area contributed by atoms with E-state index in [1.165, 1.54) is 0 Å². The monoisotopic (exact) mass is 230 g/mol. The minimum atomic E-state index is -3.61. The molecule has 1 aromatic rings. The van der Waals surface area contributed by atoms with Crippen molar-refractivity contribution in [3.05, 3.63) is 5.56 Å². The molecule has 6 nitrogen and oxygen atoms in total. The molecule has 2 bridgehead atoms. The summed E-state index contributed by atoms with van der Waals surface area (Å²) in [5, 5.41) is 19.2. The number of phenols is 2. The van der Waals surface area contributed by atoms with Crippen LogP contribution in [0, 0.1) is 0 Å². The number of phosphoric acid groups is 1. The third kappa shape index (κ3) is 0.874.